The number of aliphatic hydroxyl groups is 1. The molecule has 2 rings (SSSR count). The number of hydrogen-bond donors (Lipinski definition) is 1. The molecule has 2 aromatic heterocycles. The first-order chi connectivity index (χ1) is 11.3. The summed E-state index contributed by atoms with van der Waals surface area (Å²) in [6, 6.07) is 3.55. The monoisotopic (exact) mass is 326 g/mol. The molecule has 2 heterocycles. The minimum atomic E-state index is -0.757. The molecule has 24 heavy (non-hydrogen) atoms. The number of hydrogen-bond acceptors (Lipinski definition) is 5. The average molecular weight is 326 g/mol. The van der Waals surface area contributed by atoms with Crippen LogP contribution in [0.2, 0.25) is 0 Å². The fourth-order valence-corrected chi connectivity index (χ4v) is 2.18. The van der Waals surface area contributed by atoms with Crippen molar-refractivity contribution in [2.24, 2.45) is 0 Å². The molecule has 0 aliphatic carbocycles. The molecule has 0 bridgehead atoms. The van der Waals surface area contributed by atoms with Gasteiger partial charge in [-0.05, 0) is 11.6 Å². The zero-order valence-electron chi connectivity index (χ0n) is 14.6. The van der Waals surface area contributed by atoms with E-state index in [1.807, 2.05) is 20.8 Å². The number of aliphatic hydroxyl groups excluding tert-OH is 1. The molecule has 7 heteroatoms. The van der Waals surface area contributed by atoms with Gasteiger partial charge in [0.05, 0.1) is 12.5 Å². The van der Waals surface area contributed by atoms with Gasteiger partial charge in [-0.2, -0.15) is 0 Å². The summed E-state index contributed by atoms with van der Waals surface area (Å²) in [5.74, 6) is 0.657. The van der Waals surface area contributed by atoms with Crippen LogP contribution in [0.5, 0.6) is 0 Å². The SMILES string of the molecule is BN(CC(O)c1cccnc1)C(=O)Cc1cnc(C(C)(C)C)nc1. The molecule has 126 valence electrons. The van der Waals surface area contributed by atoms with Gasteiger partial charge in [0.2, 0.25) is 13.9 Å². The Balaban J connectivity index is 1.94. The Morgan fingerprint density at radius 3 is 2.50 bits per heavy atom. The molecule has 0 fully saturated rings. The van der Waals surface area contributed by atoms with E-state index in [2.05, 4.69) is 15.0 Å². The third-order valence-electron chi connectivity index (χ3n) is 3.67. The van der Waals surface area contributed by atoms with Crippen LogP contribution in [-0.2, 0) is 16.6 Å². The van der Waals surface area contributed by atoms with E-state index in [1.54, 1.807) is 44.9 Å². The zero-order valence-corrected chi connectivity index (χ0v) is 14.6. The number of carbonyl (C=O) groups excluding carboxylic acids is 1. The van der Waals surface area contributed by atoms with Crippen LogP contribution in [0.1, 0.15) is 43.8 Å². The molecule has 2 aromatic rings. The predicted octanol–water partition coefficient (Wildman–Crippen LogP) is 0.822. The smallest absolute Gasteiger partial charge is 0.221 e. The Bertz CT molecular complexity index is 671. The number of aromatic nitrogens is 3. The van der Waals surface area contributed by atoms with Crippen LogP contribution in [-0.4, -0.2) is 45.3 Å². The minimum absolute atomic E-state index is 0.0925. The number of carbonyl (C=O) groups is 1. The minimum Gasteiger partial charge on any atom is -0.391 e. The van der Waals surface area contributed by atoms with Crippen molar-refractivity contribution in [2.45, 2.75) is 38.7 Å². The highest BCUT2D eigenvalue weighted by molar-refractivity contribution is 6.14. The molecule has 1 amide bonds. The summed E-state index contributed by atoms with van der Waals surface area (Å²) in [5, 5.41) is 10.2. The van der Waals surface area contributed by atoms with Crippen molar-refractivity contribution in [1.82, 2.24) is 19.8 Å². The first kappa shape index (κ1) is 18.1. The van der Waals surface area contributed by atoms with Crippen molar-refractivity contribution in [3.63, 3.8) is 0 Å². The van der Waals surface area contributed by atoms with Gasteiger partial charge in [0.1, 0.15) is 5.82 Å². The first-order valence-electron chi connectivity index (χ1n) is 7.90. The second-order valence-electron chi connectivity index (χ2n) is 6.92. The lowest BCUT2D eigenvalue weighted by atomic mass is 9.95. The second kappa shape index (κ2) is 7.53. The molecule has 0 saturated heterocycles. The number of pyridine rings is 1. The van der Waals surface area contributed by atoms with Gasteiger partial charge in [-0.3, -0.25) is 9.78 Å². The van der Waals surface area contributed by atoms with Crippen molar-refractivity contribution in [1.29, 1.82) is 0 Å². The lowest BCUT2D eigenvalue weighted by Gasteiger charge is -2.22. The Labute approximate surface area is 143 Å². The van der Waals surface area contributed by atoms with Crippen molar-refractivity contribution in [2.75, 3.05) is 6.54 Å². The third kappa shape index (κ3) is 4.86. The average Bonchev–Trinajstić information content (AvgIpc) is 2.55. The van der Waals surface area contributed by atoms with Gasteiger partial charge in [0, 0.05) is 42.3 Å². The molecular weight excluding hydrogens is 303 g/mol. The summed E-state index contributed by atoms with van der Waals surface area (Å²) in [7, 11) is 1.67. The van der Waals surface area contributed by atoms with Gasteiger partial charge in [0.15, 0.2) is 0 Å². The molecule has 1 unspecified atom stereocenters. The Kier molecular flexibility index (Phi) is 5.67. The second-order valence-corrected chi connectivity index (χ2v) is 6.92. The highest BCUT2D eigenvalue weighted by atomic mass is 16.3. The van der Waals surface area contributed by atoms with E-state index in [0.717, 1.165) is 11.4 Å². The Morgan fingerprint density at radius 1 is 1.29 bits per heavy atom. The lowest BCUT2D eigenvalue weighted by molar-refractivity contribution is -0.126. The molecule has 0 aliphatic rings. The number of nitrogens with zero attached hydrogens (tertiary/aromatic N) is 4. The van der Waals surface area contributed by atoms with E-state index >= 15 is 0 Å². The molecular formula is C17H23BN4O2. The van der Waals surface area contributed by atoms with Crippen LogP contribution >= 0.6 is 0 Å². The third-order valence-corrected chi connectivity index (χ3v) is 3.67. The van der Waals surface area contributed by atoms with Crippen LogP contribution in [0.3, 0.4) is 0 Å². The van der Waals surface area contributed by atoms with Gasteiger partial charge >= 0.3 is 0 Å². The maximum Gasteiger partial charge on any atom is 0.221 e. The summed E-state index contributed by atoms with van der Waals surface area (Å²) < 4.78 is 0. The highest BCUT2D eigenvalue weighted by Gasteiger charge is 2.18. The van der Waals surface area contributed by atoms with Crippen molar-refractivity contribution >= 4 is 13.9 Å². The summed E-state index contributed by atoms with van der Waals surface area (Å²) in [5.41, 5.74) is 1.33. The number of rotatable bonds is 5. The highest BCUT2D eigenvalue weighted by Crippen LogP contribution is 2.17. The largest absolute Gasteiger partial charge is 0.391 e. The molecule has 6 nitrogen and oxygen atoms in total. The molecule has 0 aromatic carbocycles. The standard InChI is InChI=1S/C17H23BN4O2/c1-17(2,3)16-20-8-12(9-21-16)7-15(24)22(18)11-14(23)13-5-4-6-19-10-13/h4-6,8-10,14,23H,7,11,18H2,1-3H3. The molecule has 1 N–H and O–H groups in total. The van der Waals surface area contributed by atoms with Gasteiger partial charge in [-0.15, -0.1) is 0 Å². The van der Waals surface area contributed by atoms with E-state index in [0.29, 0.717) is 5.56 Å². The quantitative estimate of drug-likeness (QED) is 0.823. The predicted molar refractivity (Wildman–Crippen MR) is 93.9 cm³/mol. The summed E-state index contributed by atoms with van der Waals surface area (Å²) >= 11 is 0. The van der Waals surface area contributed by atoms with Crippen LogP contribution in [0.25, 0.3) is 0 Å². The van der Waals surface area contributed by atoms with Crippen molar-refractivity contribution in [3.05, 3.63) is 53.9 Å². The molecule has 0 aliphatic heterocycles. The van der Waals surface area contributed by atoms with Gasteiger partial charge in [-0.1, -0.05) is 26.8 Å². The summed E-state index contributed by atoms with van der Waals surface area (Å²) in [6.45, 7) is 6.34. The van der Waals surface area contributed by atoms with E-state index in [9.17, 15) is 9.90 Å². The van der Waals surface area contributed by atoms with Crippen LogP contribution in [0, 0.1) is 0 Å². The normalized spacial score (nSPS) is 12.7. The van der Waals surface area contributed by atoms with E-state index in [4.69, 9.17) is 0 Å². The van der Waals surface area contributed by atoms with Gasteiger partial charge < -0.3 is 9.92 Å². The summed E-state index contributed by atoms with van der Waals surface area (Å²) in [6.07, 6.45) is 6.08. The molecule has 0 spiro atoms. The van der Waals surface area contributed by atoms with Crippen molar-refractivity contribution in [3.8, 4) is 0 Å². The van der Waals surface area contributed by atoms with Crippen molar-refractivity contribution < 1.29 is 9.90 Å². The molecule has 0 saturated carbocycles. The van der Waals surface area contributed by atoms with Crippen LogP contribution in [0.15, 0.2) is 36.9 Å². The zero-order chi connectivity index (χ0) is 17.7. The Hall–Kier alpha value is -2.28. The van der Waals surface area contributed by atoms with E-state index in [1.165, 1.54) is 4.81 Å². The topological polar surface area (TPSA) is 79.2 Å². The fourth-order valence-electron chi connectivity index (χ4n) is 2.18. The van der Waals surface area contributed by atoms with E-state index in [-0.39, 0.29) is 24.3 Å². The maximum absolute atomic E-state index is 12.3. The van der Waals surface area contributed by atoms with Crippen LogP contribution in [0.4, 0.5) is 0 Å². The lowest BCUT2D eigenvalue weighted by Crippen LogP contribution is -2.33. The first-order valence-corrected chi connectivity index (χ1v) is 7.90. The fraction of sp³-hybridized carbons (Fsp3) is 0.412. The number of amides is 1. The van der Waals surface area contributed by atoms with Crippen LogP contribution < -0.4 is 0 Å². The summed E-state index contributed by atoms with van der Waals surface area (Å²) in [4.78, 5) is 26.5. The molecule has 1 atom stereocenters. The maximum atomic E-state index is 12.3. The van der Waals surface area contributed by atoms with Gasteiger partial charge in [0.25, 0.3) is 0 Å². The van der Waals surface area contributed by atoms with Gasteiger partial charge in [-0.25, -0.2) is 9.97 Å². The molecule has 0 radical (unpaired) electrons. The van der Waals surface area contributed by atoms with E-state index < -0.39 is 6.10 Å². The Morgan fingerprint density at radius 2 is 1.96 bits per heavy atom.